The molecule has 0 heterocycles. The third-order valence-electron chi connectivity index (χ3n) is 3.62. The first kappa shape index (κ1) is 22.5. The molecule has 0 aliphatic rings. The van der Waals surface area contributed by atoms with Crippen LogP contribution >= 0.6 is 11.6 Å². The Hall–Kier alpha value is -2.79. The fraction of sp³-hybridized carbons (Fsp3) is 0.176. The summed E-state index contributed by atoms with van der Waals surface area (Å²) in [4.78, 5) is 22.9. The first-order valence-electron chi connectivity index (χ1n) is 7.61. The molecule has 0 fully saturated rings. The van der Waals surface area contributed by atoms with Gasteiger partial charge in [-0.1, -0.05) is 11.6 Å². The Morgan fingerprint density at radius 3 is 2.17 bits per heavy atom. The standard InChI is InChI=1S/C17H13ClF3NO6S/c1-27-15(23)9-3-5-11(16(24)28-2)14(7-9)29(25,26)22-10-4-6-13(18)12(8-10)17(19,20)21/h3-8,22H,1-2H3. The Morgan fingerprint density at radius 1 is 1.00 bits per heavy atom. The number of anilines is 1. The molecule has 0 radical (unpaired) electrons. The molecule has 156 valence electrons. The lowest BCUT2D eigenvalue weighted by atomic mass is 10.1. The number of hydrogen-bond acceptors (Lipinski definition) is 6. The van der Waals surface area contributed by atoms with Crippen LogP contribution in [0.25, 0.3) is 0 Å². The largest absolute Gasteiger partial charge is 0.465 e. The quantitative estimate of drug-likeness (QED) is 0.695. The summed E-state index contributed by atoms with van der Waals surface area (Å²) in [5, 5.41) is -0.622. The lowest BCUT2D eigenvalue weighted by molar-refractivity contribution is -0.137. The van der Waals surface area contributed by atoms with Crippen molar-refractivity contribution in [3.63, 3.8) is 0 Å². The van der Waals surface area contributed by atoms with E-state index in [0.29, 0.717) is 6.07 Å². The summed E-state index contributed by atoms with van der Waals surface area (Å²) in [5.74, 6) is -1.92. The molecule has 0 aromatic heterocycles. The van der Waals surface area contributed by atoms with Crippen LogP contribution in [-0.4, -0.2) is 34.6 Å². The fourth-order valence-electron chi connectivity index (χ4n) is 2.28. The van der Waals surface area contributed by atoms with Crippen LogP contribution in [0.1, 0.15) is 26.3 Å². The number of esters is 2. The number of alkyl halides is 3. The SMILES string of the molecule is COC(=O)c1ccc(C(=O)OC)c(S(=O)(=O)Nc2ccc(Cl)c(C(F)(F)F)c2)c1. The number of halogens is 4. The van der Waals surface area contributed by atoms with Crippen LogP contribution in [0.15, 0.2) is 41.3 Å². The van der Waals surface area contributed by atoms with Gasteiger partial charge in [0, 0.05) is 5.69 Å². The Kier molecular flexibility index (Phi) is 6.43. The van der Waals surface area contributed by atoms with Gasteiger partial charge in [0.15, 0.2) is 0 Å². The molecule has 0 spiro atoms. The summed E-state index contributed by atoms with van der Waals surface area (Å²) in [6.07, 6.45) is -4.82. The molecule has 2 aromatic carbocycles. The number of carbonyl (C=O) groups is 2. The zero-order valence-corrected chi connectivity index (χ0v) is 16.4. The van der Waals surface area contributed by atoms with E-state index in [1.54, 1.807) is 0 Å². The molecule has 12 heteroatoms. The first-order valence-corrected chi connectivity index (χ1v) is 9.47. The molecular formula is C17H13ClF3NO6S. The number of carbonyl (C=O) groups excluding carboxylic acids is 2. The molecule has 2 rings (SSSR count). The minimum Gasteiger partial charge on any atom is -0.465 e. The average Bonchev–Trinajstić information content (AvgIpc) is 2.66. The van der Waals surface area contributed by atoms with Crippen LogP contribution in [0.5, 0.6) is 0 Å². The zero-order chi connectivity index (χ0) is 22.0. The van der Waals surface area contributed by atoms with Gasteiger partial charge in [-0.2, -0.15) is 13.2 Å². The molecule has 1 N–H and O–H groups in total. The summed E-state index contributed by atoms with van der Waals surface area (Å²) < 4.78 is 75.5. The van der Waals surface area contributed by atoms with Gasteiger partial charge < -0.3 is 9.47 Å². The van der Waals surface area contributed by atoms with Crippen molar-refractivity contribution in [3.8, 4) is 0 Å². The van der Waals surface area contributed by atoms with Gasteiger partial charge >= 0.3 is 18.1 Å². The molecule has 0 amide bonds. The van der Waals surface area contributed by atoms with Crippen molar-refractivity contribution >= 4 is 39.3 Å². The summed E-state index contributed by atoms with van der Waals surface area (Å²) in [6.45, 7) is 0. The van der Waals surface area contributed by atoms with Crippen LogP contribution < -0.4 is 4.72 Å². The maximum absolute atomic E-state index is 13.0. The summed E-state index contributed by atoms with van der Waals surface area (Å²) >= 11 is 5.52. The van der Waals surface area contributed by atoms with Gasteiger partial charge in [0.05, 0.1) is 35.9 Å². The average molecular weight is 452 g/mol. The van der Waals surface area contributed by atoms with Gasteiger partial charge in [-0.25, -0.2) is 18.0 Å². The second-order valence-corrected chi connectivity index (χ2v) is 7.55. The van der Waals surface area contributed by atoms with Crippen LogP contribution in [-0.2, 0) is 25.7 Å². The molecular weight excluding hydrogens is 439 g/mol. The number of ether oxygens (including phenoxy) is 2. The van der Waals surface area contributed by atoms with Crippen molar-refractivity contribution in [2.24, 2.45) is 0 Å². The number of nitrogens with one attached hydrogen (secondary N) is 1. The Bertz CT molecular complexity index is 1070. The monoisotopic (exact) mass is 451 g/mol. The van der Waals surface area contributed by atoms with Gasteiger partial charge in [0.2, 0.25) is 0 Å². The highest BCUT2D eigenvalue weighted by Crippen LogP contribution is 2.36. The highest BCUT2D eigenvalue weighted by atomic mass is 35.5. The van der Waals surface area contributed by atoms with E-state index < -0.39 is 54.9 Å². The number of benzene rings is 2. The Labute approximate surface area is 168 Å². The summed E-state index contributed by atoms with van der Waals surface area (Å²) in [5.41, 5.74) is -2.35. The van der Waals surface area contributed by atoms with E-state index >= 15 is 0 Å². The predicted octanol–water partition coefficient (Wildman–Crippen LogP) is 3.73. The molecule has 7 nitrogen and oxygen atoms in total. The van der Waals surface area contributed by atoms with Crippen LogP contribution in [0, 0.1) is 0 Å². The number of sulfonamides is 1. The maximum atomic E-state index is 13.0. The maximum Gasteiger partial charge on any atom is 0.417 e. The fourth-order valence-corrected chi connectivity index (χ4v) is 3.78. The second kappa shape index (κ2) is 8.29. The van der Waals surface area contributed by atoms with E-state index in [2.05, 4.69) is 9.47 Å². The van der Waals surface area contributed by atoms with Gasteiger partial charge in [-0.3, -0.25) is 4.72 Å². The molecule has 0 bridgehead atoms. The molecule has 2 aromatic rings. The first-order chi connectivity index (χ1) is 13.4. The molecule has 29 heavy (non-hydrogen) atoms. The number of methoxy groups -OCH3 is 2. The molecule has 0 saturated heterocycles. The summed E-state index contributed by atoms with van der Waals surface area (Å²) in [6, 6.07) is 5.39. The third kappa shape index (κ3) is 4.98. The lowest BCUT2D eigenvalue weighted by Crippen LogP contribution is -2.19. The molecule has 0 aliphatic heterocycles. The highest BCUT2D eigenvalue weighted by molar-refractivity contribution is 7.92. The minimum absolute atomic E-state index is 0.201. The van der Waals surface area contributed by atoms with E-state index in [4.69, 9.17) is 11.6 Å². The topological polar surface area (TPSA) is 98.8 Å². The normalized spacial score (nSPS) is 11.7. The van der Waals surface area contributed by atoms with Gasteiger partial charge in [-0.15, -0.1) is 0 Å². The summed E-state index contributed by atoms with van der Waals surface area (Å²) in [7, 11) is -2.53. The van der Waals surface area contributed by atoms with Crippen LogP contribution in [0.3, 0.4) is 0 Å². The molecule has 0 saturated carbocycles. The molecule has 0 aliphatic carbocycles. The highest BCUT2D eigenvalue weighted by Gasteiger charge is 2.34. The van der Waals surface area contributed by atoms with E-state index in [0.717, 1.165) is 44.6 Å². The molecule has 0 unspecified atom stereocenters. The Balaban J connectivity index is 2.58. The van der Waals surface area contributed by atoms with Crippen molar-refractivity contribution in [1.82, 2.24) is 0 Å². The van der Waals surface area contributed by atoms with E-state index in [9.17, 15) is 31.2 Å². The van der Waals surface area contributed by atoms with Gasteiger partial charge in [0.25, 0.3) is 10.0 Å². The number of hydrogen-bond donors (Lipinski definition) is 1. The van der Waals surface area contributed by atoms with E-state index in [-0.39, 0.29) is 5.56 Å². The van der Waals surface area contributed by atoms with E-state index in [1.807, 2.05) is 4.72 Å². The predicted molar refractivity (Wildman–Crippen MR) is 96.4 cm³/mol. The smallest absolute Gasteiger partial charge is 0.417 e. The van der Waals surface area contributed by atoms with Crippen molar-refractivity contribution in [3.05, 3.63) is 58.1 Å². The van der Waals surface area contributed by atoms with Gasteiger partial charge in [-0.05, 0) is 36.4 Å². The van der Waals surface area contributed by atoms with Crippen molar-refractivity contribution in [2.45, 2.75) is 11.1 Å². The van der Waals surface area contributed by atoms with Gasteiger partial charge in [0.1, 0.15) is 4.90 Å². The van der Waals surface area contributed by atoms with Crippen molar-refractivity contribution in [1.29, 1.82) is 0 Å². The van der Waals surface area contributed by atoms with E-state index in [1.165, 1.54) is 0 Å². The van der Waals surface area contributed by atoms with Crippen molar-refractivity contribution < 1.29 is 40.7 Å². The third-order valence-corrected chi connectivity index (χ3v) is 5.37. The van der Waals surface area contributed by atoms with Crippen LogP contribution in [0.2, 0.25) is 5.02 Å². The lowest BCUT2D eigenvalue weighted by Gasteiger charge is -2.14. The zero-order valence-electron chi connectivity index (χ0n) is 14.8. The van der Waals surface area contributed by atoms with Crippen molar-refractivity contribution in [2.75, 3.05) is 18.9 Å². The van der Waals surface area contributed by atoms with Crippen LogP contribution in [0.4, 0.5) is 18.9 Å². The minimum atomic E-state index is -4.82. The second-order valence-electron chi connectivity index (χ2n) is 5.49. The molecule has 0 atom stereocenters. The number of rotatable bonds is 5. The Morgan fingerprint density at radius 2 is 1.62 bits per heavy atom.